The van der Waals surface area contributed by atoms with Crippen LogP contribution in [-0.4, -0.2) is 44.7 Å². The molecule has 6 heavy (non-hydrogen) atoms. The molecule has 6 heteroatoms. The summed E-state index contributed by atoms with van der Waals surface area (Å²) in [6, 6.07) is 0. The third-order valence-corrected chi connectivity index (χ3v) is 0. The normalized spacial score (nSPS) is 1.00. The van der Waals surface area contributed by atoms with Gasteiger partial charge in [0.1, 0.15) is 0 Å². The minimum absolute atomic E-state index is 0. The van der Waals surface area contributed by atoms with E-state index in [1.54, 1.807) is 0 Å². The van der Waals surface area contributed by atoms with Crippen LogP contribution < -0.4 is 0 Å². The number of hydrogen-bond donors (Lipinski definition) is 0. The minimum atomic E-state index is 0. The summed E-state index contributed by atoms with van der Waals surface area (Å²) in [4.78, 5) is 0. The molecule has 24 valence electrons. The van der Waals surface area contributed by atoms with Crippen molar-refractivity contribution in [2.45, 2.75) is 0 Å². The molecular formula is H2In2S2Zn2. The van der Waals surface area contributed by atoms with Crippen LogP contribution in [0.25, 0.3) is 0 Å². The quantitative estimate of drug-likeness (QED) is 0.500. The molecule has 0 fully saturated rings. The Balaban J connectivity index is -0.00000000500. The van der Waals surface area contributed by atoms with Gasteiger partial charge in [0.15, 0.2) is 0 Å². The van der Waals surface area contributed by atoms with E-state index in [9.17, 15) is 0 Å². The second-order valence-corrected chi connectivity index (χ2v) is 0. The van der Waals surface area contributed by atoms with E-state index in [1.807, 2.05) is 0 Å². The average molecular weight is 427 g/mol. The van der Waals surface area contributed by atoms with Crippen LogP contribution in [-0.2, 0) is 39.0 Å². The van der Waals surface area contributed by atoms with Crippen molar-refractivity contribution in [3.05, 3.63) is 0 Å². The van der Waals surface area contributed by atoms with Crippen molar-refractivity contribution in [3.8, 4) is 0 Å². The first-order valence-corrected chi connectivity index (χ1v) is 11.6. The fourth-order valence-corrected chi connectivity index (χ4v) is 0. The van der Waals surface area contributed by atoms with Gasteiger partial charge in [0, 0.05) is 39.0 Å². The molecule has 0 nitrogen and oxygen atoms in total. The summed E-state index contributed by atoms with van der Waals surface area (Å²) in [6.45, 7) is 0. The zero-order valence-corrected chi connectivity index (χ0v) is 19.3. The maximum absolute atomic E-state index is 4.25. The van der Waals surface area contributed by atoms with Gasteiger partial charge < -0.3 is 0 Å². The van der Waals surface area contributed by atoms with Crippen molar-refractivity contribution >= 4 is 62.5 Å². The van der Waals surface area contributed by atoms with Gasteiger partial charge in [-0.05, 0) is 0 Å². The predicted molar refractivity (Wildman–Crippen MR) is 29.5 cm³/mol. The van der Waals surface area contributed by atoms with Crippen LogP contribution in [0.15, 0.2) is 0 Å². The molecule has 0 aliphatic carbocycles. The fourth-order valence-electron chi connectivity index (χ4n) is 0. The Morgan fingerprint density at radius 2 is 0.667 bits per heavy atom. The summed E-state index contributed by atoms with van der Waals surface area (Å²) in [5, 5.41) is 0. The Hall–Kier alpha value is 3.43. The molecule has 0 N–H and O–H groups in total. The topological polar surface area (TPSA) is 0 Å². The van der Waals surface area contributed by atoms with Crippen molar-refractivity contribution < 1.29 is 39.0 Å². The molecule has 0 aromatic heterocycles. The van der Waals surface area contributed by atoms with Crippen molar-refractivity contribution in [2.24, 2.45) is 0 Å². The Bertz CT molecular complexity index is 11.5. The molecule has 0 radical (unpaired) electrons. The molecule has 0 saturated carbocycles. The van der Waals surface area contributed by atoms with Crippen LogP contribution >= 0.6 is 17.8 Å². The molecule has 0 amide bonds. The molecular weight excluding hydrogens is 425 g/mol. The zero-order valence-electron chi connectivity index (χ0n) is 3.64. The molecule has 0 heterocycles. The number of hydrogen-bond acceptors (Lipinski definition) is 2. The SMILES string of the molecule is [S]=[InH].[S]=[InH].[Zn].[Zn]. The van der Waals surface area contributed by atoms with Gasteiger partial charge in [-0.1, -0.05) is 0 Å². The third-order valence-electron chi connectivity index (χ3n) is 0. The van der Waals surface area contributed by atoms with E-state index < -0.39 is 0 Å². The minimum Gasteiger partial charge on any atom is 0 e. The molecule has 0 aromatic rings. The largest absolute Gasteiger partial charge is 0 e. The van der Waals surface area contributed by atoms with E-state index in [-0.39, 0.29) is 39.0 Å². The van der Waals surface area contributed by atoms with Crippen LogP contribution in [0.2, 0.25) is 0 Å². The van der Waals surface area contributed by atoms with Crippen molar-refractivity contribution in [1.82, 2.24) is 0 Å². The van der Waals surface area contributed by atoms with Gasteiger partial charge in [-0.3, -0.25) is 0 Å². The van der Waals surface area contributed by atoms with Gasteiger partial charge in [0.05, 0.1) is 0 Å². The molecule has 0 saturated heterocycles. The van der Waals surface area contributed by atoms with Crippen molar-refractivity contribution in [2.75, 3.05) is 0 Å². The summed E-state index contributed by atoms with van der Waals surface area (Å²) in [5.41, 5.74) is 0. The summed E-state index contributed by atoms with van der Waals surface area (Å²) >= 11 is 1.47. The van der Waals surface area contributed by atoms with Gasteiger partial charge in [0.25, 0.3) is 0 Å². The molecule has 0 aliphatic rings. The van der Waals surface area contributed by atoms with Crippen LogP contribution in [0.3, 0.4) is 0 Å². The van der Waals surface area contributed by atoms with E-state index in [2.05, 4.69) is 17.8 Å². The first-order valence-electron chi connectivity index (χ1n) is 0.577. The van der Waals surface area contributed by atoms with Gasteiger partial charge in [-0.2, -0.15) is 0 Å². The van der Waals surface area contributed by atoms with Gasteiger partial charge in [0.2, 0.25) is 0 Å². The van der Waals surface area contributed by atoms with Gasteiger partial charge >= 0.3 is 62.5 Å². The van der Waals surface area contributed by atoms with Gasteiger partial charge in [-0.15, -0.1) is 0 Å². The van der Waals surface area contributed by atoms with Gasteiger partial charge in [-0.25, -0.2) is 0 Å². The summed E-state index contributed by atoms with van der Waals surface area (Å²) in [7, 11) is 8.51. The van der Waals surface area contributed by atoms with Crippen molar-refractivity contribution in [1.29, 1.82) is 0 Å². The Labute approximate surface area is 99.2 Å². The second-order valence-electron chi connectivity index (χ2n) is 0. The third kappa shape index (κ3) is 26.1. The van der Waals surface area contributed by atoms with E-state index in [0.29, 0.717) is 0 Å². The first kappa shape index (κ1) is 22.7. The van der Waals surface area contributed by atoms with E-state index in [1.165, 1.54) is 0 Å². The Morgan fingerprint density at radius 1 is 0.667 bits per heavy atom. The van der Waals surface area contributed by atoms with Crippen LogP contribution in [0.4, 0.5) is 0 Å². The zero-order chi connectivity index (χ0) is 4.00. The molecule has 0 aliphatic heterocycles. The van der Waals surface area contributed by atoms with Crippen LogP contribution in [0, 0.1) is 0 Å². The molecule has 0 aromatic carbocycles. The van der Waals surface area contributed by atoms with E-state index in [4.69, 9.17) is 0 Å². The van der Waals surface area contributed by atoms with E-state index in [0.717, 1.165) is 44.7 Å². The number of rotatable bonds is 0. The van der Waals surface area contributed by atoms with Crippen LogP contribution in [0.5, 0.6) is 0 Å². The second kappa shape index (κ2) is 39.6. The van der Waals surface area contributed by atoms with Crippen LogP contribution in [0.1, 0.15) is 0 Å². The summed E-state index contributed by atoms with van der Waals surface area (Å²) in [6.07, 6.45) is 0. The standard InChI is InChI=1S/2In.2S.2Zn.2H. The molecule has 0 unspecified atom stereocenters. The summed E-state index contributed by atoms with van der Waals surface area (Å²) in [5.74, 6) is 0. The average Bonchev–Trinajstić information content (AvgIpc) is 1.50. The van der Waals surface area contributed by atoms with Crippen molar-refractivity contribution in [3.63, 3.8) is 0 Å². The molecule has 0 atom stereocenters. The monoisotopic (exact) mass is 424 g/mol. The molecule has 0 bridgehead atoms. The molecule has 0 rings (SSSR count). The predicted octanol–water partition coefficient (Wildman–Crippen LogP) is -0.00560. The fraction of sp³-hybridized carbons (Fsp3) is 0. The summed E-state index contributed by atoms with van der Waals surface area (Å²) < 4.78 is 0. The Kier molecular flexibility index (Phi) is 150. The van der Waals surface area contributed by atoms with E-state index >= 15 is 0 Å². The Morgan fingerprint density at radius 3 is 0.667 bits per heavy atom. The maximum Gasteiger partial charge on any atom is 0 e. The smallest absolute Gasteiger partial charge is 0 e. The first-order chi connectivity index (χ1) is 2.00. The maximum atomic E-state index is 4.25. The molecule has 0 spiro atoms.